The fraction of sp³-hybridized carbons (Fsp3) is 0.733. The molecule has 0 radical (unpaired) electrons. The first kappa shape index (κ1) is 17.9. The van der Waals surface area contributed by atoms with E-state index >= 15 is 0 Å². The van der Waals surface area contributed by atoms with Gasteiger partial charge in [0, 0.05) is 38.5 Å². The van der Waals surface area contributed by atoms with Crippen molar-refractivity contribution >= 4 is 5.95 Å². The van der Waals surface area contributed by atoms with Crippen molar-refractivity contribution in [1.29, 1.82) is 0 Å². The van der Waals surface area contributed by atoms with Gasteiger partial charge in [-0.05, 0) is 5.92 Å². The molecule has 0 spiro atoms. The number of rotatable bonds is 6. The summed E-state index contributed by atoms with van der Waals surface area (Å²) in [5, 5.41) is 12.3. The Hall–Kier alpha value is -1.41. The van der Waals surface area contributed by atoms with E-state index in [0.717, 1.165) is 6.20 Å². The van der Waals surface area contributed by atoms with E-state index in [1.807, 2.05) is 13.8 Å². The van der Waals surface area contributed by atoms with Gasteiger partial charge in [0.1, 0.15) is 0 Å². The summed E-state index contributed by atoms with van der Waals surface area (Å²) in [4.78, 5) is 9.72. The molecule has 0 saturated carbocycles. The maximum absolute atomic E-state index is 13.8. The molecule has 1 fully saturated rings. The highest BCUT2D eigenvalue weighted by Crippen LogP contribution is 2.29. The molecule has 8 heteroatoms. The van der Waals surface area contributed by atoms with Gasteiger partial charge in [0.15, 0.2) is 5.82 Å². The number of aromatic nitrogens is 2. The molecule has 0 aromatic carbocycles. The molecule has 1 saturated heterocycles. The van der Waals surface area contributed by atoms with Crippen LogP contribution in [0.15, 0.2) is 6.20 Å². The second kappa shape index (κ2) is 7.44. The van der Waals surface area contributed by atoms with Gasteiger partial charge in [0.05, 0.1) is 18.5 Å². The number of piperidine rings is 1. The molecule has 2 rings (SSSR count). The molecular weight excluding hydrogens is 309 g/mol. The Balaban J connectivity index is 2.04. The zero-order valence-electron chi connectivity index (χ0n) is 13.4. The van der Waals surface area contributed by atoms with Gasteiger partial charge in [-0.15, -0.1) is 0 Å². The van der Waals surface area contributed by atoms with Crippen LogP contribution in [0.3, 0.4) is 0 Å². The van der Waals surface area contributed by atoms with Crippen LogP contribution in [0.2, 0.25) is 0 Å². The summed E-state index contributed by atoms with van der Waals surface area (Å²) in [5.74, 6) is -2.74. The maximum Gasteiger partial charge on any atom is 0.251 e. The molecule has 1 aliphatic heterocycles. The highest BCUT2D eigenvalue weighted by atomic mass is 19.3. The van der Waals surface area contributed by atoms with Crippen LogP contribution in [-0.2, 0) is 6.54 Å². The minimum Gasteiger partial charge on any atom is -0.395 e. The third-order valence-corrected chi connectivity index (χ3v) is 4.11. The second-order valence-electron chi connectivity index (χ2n) is 6.22. The van der Waals surface area contributed by atoms with E-state index in [9.17, 15) is 18.3 Å². The van der Waals surface area contributed by atoms with Crippen molar-refractivity contribution < 1.29 is 18.3 Å². The third-order valence-electron chi connectivity index (χ3n) is 4.11. The quantitative estimate of drug-likeness (QED) is 0.834. The average molecular weight is 332 g/mol. The predicted molar refractivity (Wildman–Crippen MR) is 80.9 cm³/mol. The smallest absolute Gasteiger partial charge is 0.251 e. The Labute approximate surface area is 133 Å². The number of alkyl halides is 2. The summed E-state index contributed by atoms with van der Waals surface area (Å²) in [6.45, 7) is 4.29. The van der Waals surface area contributed by atoms with Crippen molar-refractivity contribution in [2.24, 2.45) is 5.92 Å². The van der Waals surface area contributed by atoms with E-state index in [-0.39, 0.29) is 62.7 Å². The summed E-state index contributed by atoms with van der Waals surface area (Å²) in [5.41, 5.74) is 0.173. The van der Waals surface area contributed by atoms with Gasteiger partial charge in [-0.2, -0.15) is 0 Å². The molecular formula is C15H23F3N4O. The molecule has 23 heavy (non-hydrogen) atoms. The predicted octanol–water partition coefficient (Wildman–Crippen LogP) is 1.96. The SMILES string of the molecule is CC(C)[C@H](CO)NCc1nc(N2CCC(F)(F)CC2)ncc1F. The normalized spacial score (nSPS) is 19.2. The number of hydrogen-bond acceptors (Lipinski definition) is 5. The van der Waals surface area contributed by atoms with Crippen molar-refractivity contribution in [2.75, 3.05) is 24.6 Å². The summed E-state index contributed by atoms with van der Waals surface area (Å²) in [6, 6.07) is -0.165. The van der Waals surface area contributed by atoms with Crippen LogP contribution >= 0.6 is 0 Å². The lowest BCUT2D eigenvalue weighted by molar-refractivity contribution is -0.0222. The van der Waals surface area contributed by atoms with Gasteiger partial charge in [-0.3, -0.25) is 0 Å². The summed E-state index contributed by atoms with van der Waals surface area (Å²) in [6.07, 6.45) is 0.567. The van der Waals surface area contributed by atoms with Gasteiger partial charge in [-0.25, -0.2) is 23.1 Å². The molecule has 2 N–H and O–H groups in total. The van der Waals surface area contributed by atoms with E-state index in [1.54, 1.807) is 4.90 Å². The third kappa shape index (κ3) is 4.78. The van der Waals surface area contributed by atoms with Crippen LogP contribution in [0.5, 0.6) is 0 Å². The summed E-state index contributed by atoms with van der Waals surface area (Å²) >= 11 is 0. The molecule has 0 amide bonds. The van der Waals surface area contributed by atoms with Crippen LogP contribution in [0.1, 0.15) is 32.4 Å². The van der Waals surface area contributed by atoms with E-state index in [1.165, 1.54) is 0 Å². The fourth-order valence-electron chi connectivity index (χ4n) is 2.44. The minimum absolute atomic E-state index is 0.0571. The molecule has 1 atom stereocenters. The number of hydrogen-bond donors (Lipinski definition) is 2. The Bertz CT molecular complexity index is 517. The number of nitrogens with zero attached hydrogens (tertiary/aromatic N) is 3. The number of aliphatic hydroxyl groups excluding tert-OH is 1. The number of aliphatic hydroxyl groups is 1. The van der Waals surface area contributed by atoms with Crippen molar-refractivity contribution in [3.8, 4) is 0 Å². The minimum atomic E-state index is -2.65. The molecule has 1 aliphatic rings. The summed E-state index contributed by atoms with van der Waals surface area (Å²) in [7, 11) is 0. The largest absolute Gasteiger partial charge is 0.395 e. The van der Waals surface area contributed by atoms with Crippen molar-refractivity contribution in [2.45, 2.75) is 45.2 Å². The van der Waals surface area contributed by atoms with Gasteiger partial charge in [0.25, 0.3) is 5.92 Å². The van der Waals surface area contributed by atoms with E-state index in [2.05, 4.69) is 15.3 Å². The monoisotopic (exact) mass is 332 g/mol. The van der Waals surface area contributed by atoms with Crippen LogP contribution in [0.25, 0.3) is 0 Å². The number of nitrogens with one attached hydrogen (secondary N) is 1. The Morgan fingerprint density at radius 1 is 1.35 bits per heavy atom. The van der Waals surface area contributed by atoms with Gasteiger partial charge < -0.3 is 15.3 Å². The molecule has 0 bridgehead atoms. The fourth-order valence-corrected chi connectivity index (χ4v) is 2.44. The first-order valence-electron chi connectivity index (χ1n) is 7.81. The first-order chi connectivity index (χ1) is 10.8. The Morgan fingerprint density at radius 2 is 2.00 bits per heavy atom. The molecule has 130 valence electrons. The van der Waals surface area contributed by atoms with Crippen LogP contribution < -0.4 is 10.2 Å². The van der Waals surface area contributed by atoms with E-state index in [4.69, 9.17) is 0 Å². The standard InChI is InChI=1S/C15H23F3N4O/c1-10(2)13(9-23)19-8-12-11(16)7-20-14(21-12)22-5-3-15(17,18)4-6-22/h7,10,13,19,23H,3-6,8-9H2,1-2H3/t13-/m0/s1. The second-order valence-corrected chi connectivity index (χ2v) is 6.22. The molecule has 5 nitrogen and oxygen atoms in total. The average Bonchev–Trinajstić information content (AvgIpc) is 2.49. The first-order valence-corrected chi connectivity index (χ1v) is 7.81. The number of halogens is 3. The van der Waals surface area contributed by atoms with Crippen LogP contribution in [0.4, 0.5) is 19.1 Å². The summed E-state index contributed by atoms with van der Waals surface area (Å²) < 4.78 is 40.2. The zero-order valence-corrected chi connectivity index (χ0v) is 13.4. The lowest BCUT2D eigenvalue weighted by Crippen LogP contribution is -2.40. The van der Waals surface area contributed by atoms with Gasteiger partial charge >= 0.3 is 0 Å². The zero-order chi connectivity index (χ0) is 17.0. The van der Waals surface area contributed by atoms with E-state index in [0.29, 0.717) is 0 Å². The topological polar surface area (TPSA) is 61.3 Å². The van der Waals surface area contributed by atoms with Crippen molar-refractivity contribution in [3.63, 3.8) is 0 Å². The lowest BCUT2D eigenvalue weighted by Gasteiger charge is -2.31. The lowest BCUT2D eigenvalue weighted by atomic mass is 10.1. The molecule has 1 aromatic rings. The highest BCUT2D eigenvalue weighted by molar-refractivity contribution is 5.31. The van der Waals surface area contributed by atoms with Gasteiger partial charge in [-0.1, -0.05) is 13.8 Å². The van der Waals surface area contributed by atoms with Gasteiger partial charge in [0.2, 0.25) is 5.95 Å². The molecule has 2 heterocycles. The Morgan fingerprint density at radius 3 is 2.57 bits per heavy atom. The van der Waals surface area contributed by atoms with Crippen LogP contribution in [0, 0.1) is 11.7 Å². The molecule has 0 unspecified atom stereocenters. The maximum atomic E-state index is 13.8. The van der Waals surface area contributed by atoms with Crippen LogP contribution in [-0.4, -0.2) is 46.7 Å². The number of anilines is 1. The highest BCUT2D eigenvalue weighted by Gasteiger charge is 2.34. The van der Waals surface area contributed by atoms with Crippen molar-refractivity contribution in [3.05, 3.63) is 17.7 Å². The van der Waals surface area contributed by atoms with Crippen molar-refractivity contribution in [1.82, 2.24) is 15.3 Å². The Kier molecular flexibility index (Phi) is 5.80. The molecule has 1 aromatic heterocycles. The van der Waals surface area contributed by atoms with E-state index < -0.39 is 11.7 Å². The molecule has 0 aliphatic carbocycles.